The summed E-state index contributed by atoms with van der Waals surface area (Å²) in [6, 6.07) is 1.32. The number of halogens is 1. The van der Waals surface area contributed by atoms with Crippen LogP contribution in [0.4, 0.5) is 0 Å². The molecule has 2 N–H and O–H groups in total. The summed E-state index contributed by atoms with van der Waals surface area (Å²) in [7, 11) is 1.86. The number of aliphatic imine (C=N–C) groups is 1. The number of nitrogens with one attached hydrogen (secondary N) is 2. The van der Waals surface area contributed by atoms with Crippen LogP contribution in [0.3, 0.4) is 0 Å². The van der Waals surface area contributed by atoms with Crippen LogP contribution in [0.2, 0.25) is 0 Å². The Kier molecular flexibility index (Phi) is 7.58. The van der Waals surface area contributed by atoms with E-state index in [4.69, 9.17) is 0 Å². The SMILES string of the molecule is CN=C(NCC1CCCN(C(C)C)C1)NC1CC1C.I. The predicted octanol–water partition coefficient (Wildman–Crippen LogP) is 2.30. The molecule has 0 aromatic carbocycles. The summed E-state index contributed by atoms with van der Waals surface area (Å²) in [6.07, 6.45) is 3.95. The molecule has 0 radical (unpaired) electrons. The van der Waals surface area contributed by atoms with Gasteiger partial charge in [-0.3, -0.25) is 4.99 Å². The Labute approximate surface area is 141 Å². The zero-order valence-corrected chi connectivity index (χ0v) is 15.7. The van der Waals surface area contributed by atoms with Gasteiger partial charge in [0.05, 0.1) is 0 Å². The number of likely N-dealkylation sites (tertiary alicyclic amines) is 1. The number of nitrogens with zero attached hydrogens (tertiary/aromatic N) is 2. The number of hydrogen-bond donors (Lipinski definition) is 2. The van der Waals surface area contributed by atoms with E-state index in [2.05, 4.69) is 41.3 Å². The first kappa shape index (κ1) is 18.0. The first-order valence-electron chi connectivity index (χ1n) is 7.81. The van der Waals surface area contributed by atoms with Crippen LogP contribution in [0.25, 0.3) is 0 Å². The van der Waals surface area contributed by atoms with Crippen LogP contribution in [0.1, 0.15) is 40.0 Å². The molecule has 2 rings (SSSR count). The molecule has 1 aliphatic carbocycles. The monoisotopic (exact) mass is 394 g/mol. The second-order valence-electron chi connectivity index (χ2n) is 6.51. The Morgan fingerprint density at radius 1 is 1.40 bits per heavy atom. The molecule has 118 valence electrons. The fraction of sp³-hybridized carbons (Fsp3) is 0.933. The summed E-state index contributed by atoms with van der Waals surface area (Å²) in [6.45, 7) is 10.4. The summed E-state index contributed by atoms with van der Waals surface area (Å²) >= 11 is 0. The van der Waals surface area contributed by atoms with Gasteiger partial charge in [0.25, 0.3) is 0 Å². The molecule has 0 bridgehead atoms. The molecule has 20 heavy (non-hydrogen) atoms. The second-order valence-corrected chi connectivity index (χ2v) is 6.51. The molecule has 2 fully saturated rings. The number of rotatable bonds is 4. The third kappa shape index (κ3) is 5.39. The molecule has 3 atom stereocenters. The number of piperidine rings is 1. The maximum Gasteiger partial charge on any atom is 0.191 e. The lowest BCUT2D eigenvalue weighted by atomic mass is 9.97. The predicted molar refractivity (Wildman–Crippen MR) is 96.9 cm³/mol. The zero-order valence-electron chi connectivity index (χ0n) is 13.4. The molecular weight excluding hydrogens is 363 g/mol. The Balaban J connectivity index is 0.00000200. The minimum atomic E-state index is 0. The van der Waals surface area contributed by atoms with Gasteiger partial charge >= 0.3 is 0 Å². The quantitative estimate of drug-likeness (QED) is 0.437. The molecule has 0 spiro atoms. The maximum atomic E-state index is 4.32. The van der Waals surface area contributed by atoms with E-state index in [1.54, 1.807) is 0 Å². The highest BCUT2D eigenvalue weighted by molar-refractivity contribution is 14.0. The summed E-state index contributed by atoms with van der Waals surface area (Å²) < 4.78 is 0. The van der Waals surface area contributed by atoms with E-state index in [-0.39, 0.29) is 24.0 Å². The lowest BCUT2D eigenvalue weighted by molar-refractivity contribution is 0.141. The van der Waals surface area contributed by atoms with Crippen LogP contribution in [-0.2, 0) is 0 Å². The molecule has 1 saturated heterocycles. The van der Waals surface area contributed by atoms with Gasteiger partial charge in [-0.1, -0.05) is 6.92 Å². The molecule has 1 aliphatic heterocycles. The molecule has 0 aromatic heterocycles. The van der Waals surface area contributed by atoms with Gasteiger partial charge < -0.3 is 15.5 Å². The third-order valence-corrected chi connectivity index (χ3v) is 4.49. The highest BCUT2D eigenvalue weighted by atomic mass is 127. The lowest BCUT2D eigenvalue weighted by Gasteiger charge is -2.35. The fourth-order valence-corrected chi connectivity index (χ4v) is 2.87. The van der Waals surface area contributed by atoms with E-state index in [0.717, 1.165) is 24.3 Å². The Bertz CT molecular complexity index is 319. The van der Waals surface area contributed by atoms with Gasteiger partial charge in [-0.05, 0) is 51.5 Å². The number of hydrogen-bond acceptors (Lipinski definition) is 2. The van der Waals surface area contributed by atoms with Crippen molar-refractivity contribution in [2.75, 3.05) is 26.7 Å². The minimum absolute atomic E-state index is 0. The second kappa shape index (κ2) is 8.41. The maximum absolute atomic E-state index is 4.32. The largest absolute Gasteiger partial charge is 0.356 e. The van der Waals surface area contributed by atoms with Crippen molar-refractivity contribution in [2.24, 2.45) is 16.8 Å². The molecule has 3 unspecified atom stereocenters. The van der Waals surface area contributed by atoms with Gasteiger partial charge in [0.15, 0.2) is 5.96 Å². The van der Waals surface area contributed by atoms with Crippen molar-refractivity contribution in [1.82, 2.24) is 15.5 Å². The molecule has 5 heteroatoms. The van der Waals surface area contributed by atoms with Crippen molar-refractivity contribution in [3.8, 4) is 0 Å². The van der Waals surface area contributed by atoms with Crippen molar-refractivity contribution >= 4 is 29.9 Å². The van der Waals surface area contributed by atoms with Gasteiger partial charge in [0.1, 0.15) is 0 Å². The third-order valence-electron chi connectivity index (χ3n) is 4.49. The molecule has 1 heterocycles. The van der Waals surface area contributed by atoms with Crippen LogP contribution in [0.15, 0.2) is 4.99 Å². The summed E-state index contributed by atoms with van der Waals surface area (Å²) in [4.78, 5) is 6.91. The summed E-state index contributed by atoms with van der Waals surface area (Å²) in [5.41, 5.74) is 0. The average Bonchev–Trinajstić information content (AvgIpc) is 3.10. The van der Waals surface area contributed by atoms with Crippen LogP contribution in [0, 0.1) is 11.8 Å². The van der Waals surface area contributed by atoms with Crippen molar-refractivity contribution < 1.29 is 0 Å². The average molecular weight is 394 g/mol. The first-order valence-corrected chi connectivity index (χ1v) is 7.81. The van der Waals surface area contributed by atoms with Crippen molar-refractivity contribution in [2.45, 2.75) is 52.1 Å². The van der Waals surface area contributed by atoms with Crippen molar-refractivity contribution in [1.29, 1.82) is 0 Å². The van der Waals surface area contributed by atoms with Crippen LogP contribution < -0.4 is 10.6 Å². The molecule has 0 amide bonds. The van der Waals surface area contributed by atoms with Gasteiger partial charge in [-0.25, -0.2) is 0 Å². The highest BCUT2D eigenvalue weighted by Gasteiger charge is 2.33. The van der Waals surface area contributed by atoms with E-state index in [1.165, 1.54) is 32.4 Å². The van der Waals surface area contributed by atoms with Crippen molar-refractivity contribution in [3.63, 3.8) is 0 Å². The van der Waals surface area contributed by atoms with Crippen LogP contribution in [-0.4, -0.2) is 49.6 Å². The van der Waals surface area contributed by atoms with Gasteiger partial charge in [-0.2, -0.15) is 0 Å². The molecule has 2 aliphatic rings. The Morgan fingerprint density at radius 3 is 2.65 bits per heavy atom. The summed E-state index contributed by atoms with van der Waals surface area (Å²) in [5, 5.41) is 6.99. The Morgan fingerprint density at radius 2 is 2.10 bits per heavy atom. The Hall–Kier alpha value is -0.0400. The first-order chi connectivity index (χ1) is 9.10. The molecule has 1 saturated carbocycles. The standard InChI is InChI=1S/C15H30N4.HI/c1-11(2)19-7-5-6-13(10-19)9-17-15(16-4)18-14-8-12(14)3;/h11-14H,5-10H2,1-4H3,(H2,16,17,18);1H. The summed E-state index contributed by atoms with van der Waals surface area (Å²) in [5.74, 6) is 2.55. The van der Waals surface area contributed by atoms with Crippen LogP contribution >= 0.6 is 24.0 Å². The van der Waals surface area contributed by atoms with E-state index >= 15 is 0 Å². The van der Waals surface area contributed by atoms with E-state index in [0.29, 0.717) is 12.1 Å². The van der Waals surface area contributed by atoms with Gasteiger partial charge in [0.2, 0.25) is 0 Å². The van der Waals surface area contributed by atoms with E-state index in [1.807, 2.05) is 7.05 Å². The minimum Gasteiger partial charge on any atom is -0.356 e. The molecule has 0 aromatic rings. The number of guanidine groups is 1. The van der Waals surface area contributed by atoms with Gasteiger partial charge in [-0.15, -0.1) is 24.0 Å². The smallest absolute Gasteiger partial charge is 0.191 e. The molecule has 4 nitrogen and oxygen atoms in total. The van der Waals surface area contributed by atoms with Gasteiger partial charge in [0, 0.05) is 32.2 Å². The normalized spacial score (nSPS) is 30.9. The molecular formula is C15H31IN4. The van der Waals surface area contributed by atoms with Crippen molar-refractivity contribution in [3.05, 3.63) is 0 Å². The highest BCUT2D eigenvalue weighted by Crippen LogP contribution is 2.28. The van der Waals surface area contributed by atoms with E-state index in [9.17, 15) is 0 Å². The van der Waals surface area contributed by atoms with E-state index < -0.39 is 0 Å². The zero-order chi connectivity index (χ0) is 13.8. The topological polar surface area (TPSA) is 39.7 Å². The fourth-order valence-electron chi connectivity index (χ4n) is 2.87. The lowest BCUT2D eigenvalue weighted by Crippen LogP contribution is -2.46. The van der Waals surface area contributed by atoms with Crippen LogP contribution in [0.5, 0.6) is 0 Å².